The molecule has 0 saturated carbocycles. The van der Waals surface area contributed by atoms with Gasteiger partial charge in [-0.15, -0.1) is 0 Å². The van der Waals surface area contributed by atoms with E-state index >= 15 is 0 Å². The maximum atomic E-state index is 13.0. The Hall–Kier alpha value is -3.47. The molecular weight excluding hydrogens is 708 g/mol. The summed E-state index contributed by atoms with van der Waals surface area (Å²) in [6.07, 6.45) is -20.2. The van der Waals surface area contributed by atoms with Gasteiger partial charge in [0.05, 0.1) is 25.4 Å². The molecule has 0 spiro atoms. The van der Waals surface area contributed by atoms with Crippen molar-refractivity contribution in [1.82, 2.24) is 0 Å². The van der Waals surface area contributed by atoms with Gasteiger partial charge in [0.2, 0.25) is 0 Å². The van der Waals surface area contributed by atoms with Crippen LogP contribution < -0.4 is 0 Å². The third-order valence-electron chi connectivity index (χ3n) is 9.23. The second-order valence-corrected chi connectivity index (χ2v) is 13.1. The topological polar surface area (TPSA) is 284 Å². The average molecular weight is 755 g/mol. The number of ether oxygens (including phenoxy) is 7. The SMILES string of the molecule is C[C@@H]1O[C@@H](O[C@@H]2[C@@H](O)[C@@H](O)[C@H](O[C@@H]3[C@@H](O)[C@H](OCCc4ccc(O)c(O)c4)O[C@H](CO)[C@H]3OC(=O)/C=C/c3ccc(O)cc3)O[C@H]2C)[C@H](O)[C@H](O)[C@H]1O. The van der Waals surface area contributed by atoms with Gasteiger partial charge < -0.3 is 84.2 Å². The molecule has 18 heteroatoms. The van der Waals surface area contributed by atoms with E-state index in [2.05, 4.69) is 0 Å². The van der Waals surface area contributed by atoms with E-state index in [1.165, 1.54) is 56.3 Å². The van der Waals surface area contributed by atoms with Gasteiger partial charge in [0.1, 0.15) is 60.7 Å². The molecule has 0 aromatic heterocycles. The summed E-state index contributed by atoms with van der Waals surface area (Å²) in [6, 6.07) is 10.0. The van der Waals surface area contributed by atoms with Crippen molar-refractivity contribution in [2.75, 3.05) is 13.2 Å². The second kappa shape index (κ2) is 17.8. The van der Waals surface area contributed by atoms with Gasteiger partial charge in [-0.2, -0.15) is 0 Å². The first kappa shape index (κ1) is 40.7. The third kappa shape index (κ3) is 9.62. The smallest absolute Gasteiger partial charge is 0.331 e. The highest BCUT2D eigenvalue weighted by atomic mass is 16.8. The lowest BCUT2D eigenvalue weighted by Gasteiger charge is -2.48. The molecule has 2 aromatic carbocycles. The van der Waals surface area contributed by atoms with Crippen LogP contribution in [0.2, 0.25) is 0 Å². The predicted octanol–water partition coefficient (Wildman–Crippen LogP) is -1.87. The number of aliphatic hydroxyl groups is 7. The number of carbonyl (C=O) groups is 1. The molecule has 2 aromatic rings. The monoisotopic (exact) mass is 754 g/mol. The molecule has 3 saturated heterocycles. The first-order chi connectivity index (χ1) is 25.2. The van der Waals surface area contributed by atoms with E-state index in [0.29, 0.717) is 11.1 Å². The van der Waals surface area contributed by atoms with E-state index in [9.17, 15) is 55.9 Å². The standard InChI is InChI=1S/C35H46O18/c1-15-24(41)25(42)27(44)34(48-15)52-30-16(2)49-35(28(45)26(30)43)53-32-29(46)33(47-12-11-18-5-9-20(38)21(39)13-18)50-22(14-36)31(32)51-23(40)10-6-17-3-7-19(37)8-4-17/h3-10,13,15-16,22,24-39,41-46H,11-12,14H2,1-2H3/b10-6+/t15-,16-,22+,24-,25+,26-,27+,28+,29+,30-,31+,32+,33+,34-,35-/m0/s1. The van der Waals surface area contributed by atoms with Crippen LogP contribution in [0.25, 0.3) is 6.08 Å². The van der Waals surface area contributed by atoms with E-state index in [-0.39, 0.29) is 30.3 Å². The Bertz CT molecular complexity index is 1520. The Labute approximate surface area is 303 Å². The lowest BCUT2D eigenvalue weighted by atomic mass is 9.96. The zero-order chi connectivity index (χ0) is 38.6. The normalized spacial score (nSPS) is 37.8. The fourth-order valence-corrected chi connectivity index (χ4v) is 6.16. The van der Waals surface area contributed by atoms with Crippen molar-refractivity contribution >= 4 is 12.0 Å². The fourth-order valence-electron chi connectivity index (χ4n) is 6.16. The molecule has 0 aliphatic carbocycles. The highest BCUT2D eigenvalue weighted by molar-refractivity contribution is 5.87. The minimum atomic E-state index is -1.89. The van der Waals surface area contributed by atoms with Crippen LogP contribution in [0.15, 0.2) is 48.5 Å². The number of phenolic OH excluding ortho intramolecular Hbond substituents is 3. The van der Waals surface area contributed by atoms with E-state index in [1.54, 1.807) is 6.07 Å². The Morgan fingerprint density at radius 1 is 0.698 bits per heavy atom. The average Bonchev–Trinajstić information content (AvgIpc) is 3.13. The molecule has 3 heterocycles. The molecule has 5 rings (SSSR count). The zero-order valence-corrected chi connectivity index (χ0v) is 28.7. The molecule has 53 heavy (non-hydrogen) atoms. The molecule has 0 amide bonds. The molecular formula is C35H46O18. The lowest BCUT2D eigenvalue weighted by Crippen LogP contribution is -2.66. The van der Waals surface area contributed by atoms with Crippen molar-refractivity contribution in [1.29, 1.82) is 0 Å². The second-order valence-electron chi connectivity index (χ2n) is 13.1. The van der Waals surface area contributed by atoms with Crippen LogP contribution in [0.5, 0.6) is 17.2 Å². The number of benzene rings is 2. The number of rotatable bonds is 12. The Morgan fingerprint density at radius 3 is 2.00 bits per heavy atom. The first-order valence-electron chi connectivity index (χ1n) is 16.9. The van der Waals surface area contributed by atoms with Gasteiger partial charge in [-0.1, -0.05) is 18.2 Å². The Morgan fingerprint density at radius 2 is 1.34 bits per heavy atom. The van der Waals surface area contributed by atoms with Crippen LogP contribution in [0.4, 0.5) is 0 Å². The van der Waals surface area contributed by atoms with E-state index in [1.807, 2.05) is 0 Å². The van der Waals surface area contributed by atoms with Crippen molar-refractivity contribution in [2.24, 2.45) is 0 Å². The van der Waals surface area contributed by atoms with Gasteiger partial charge in [-0.3, -0.25) is 0 Å². The summed E-state index contributed by atoms with van der Waals surface area (Å²) in [6.45, 7) is 2.01. The van der Waals surface area contributed by atoms with Gasteiger partial charge in [0, 0.05) is 6.08 Å². The van der Waals surface area contributed by atoms with Gasteiger partial charge in [-0.25, -0.2) is 4.79 Å². The minimum absolute atomic E-state index is 0.0134. The summed E-state index contributed by atoms with van der Waals surface area (Å²) in [7, 11) is 0. The molecule has 0 bridgehead atoms. The molecule has 15 atom stereocenters. The summed E-state index contributed by atoms with van der Waals surface area (Å²) in [5.41, 5.74) is 1.10. The number of carbonyl (C=O) groups excluding carboxylic acids is 1. The Balaban J connectivity index is 1.32. The number of aliphatic hydroxyl groups excluding tert-OH is 7. The highest BCUT2D eigenvalue weighted by Gasteiger charge is 2.54. The van der Waals surface area contributed by atoms with Crippen molar-refractivity contribution in [3.63, 3.8) is 0 Å². The van der Waals surface area contributed by atoms with E-state index in [0.717, 1.165) is 6.08 Å². The third-order valence-corrected chi connectivity index (χ3v) is 9.23. The van der Waals surface area contributed by atoms with Crippen LogP contribution in [0.1, 0.15) is 25.0 Å². The Kier molecular flexibility index (Phi) is 13.7. The zero-order valence-electron chi connectivity index (χ0n) is 28.7. The van der Waals surface area contributed by atoms with E-state index < -0.39 is 105 Å². The number of phenols is 3. The molecule has 0 unspecified atom stereocenters. The van der Waals surface area contributed by atoms with Crippen LogP contribution >= 0.6 is 0 Å². The molecule has 3 aliphatic rings. The summed E-state index contributed by atoms with van der Waals surface area (Å²) < 4.78 is 40.1. The summed E-state index contributed by atoms with van der Waals surface area (Å²) in [4.78, 5) is 13.0. The summed E-state index contributed by atoms with van der Waals surface area (Å²) >= 11 is 0. The van der Waals surface area contributed by atoms with Crippen LogP contribution in [-0.2, 0) is 44.4 Å². The van der Waals surface area contributed by atoms with Crippen molar-refractivity contribution in [3.8, 4) is 17.2 Å². The van der Waals surface area contributed by atoms with Gasteiger partial charge >= 0.3 is 5.97 Å². The number of hydrogen-bond acceptors (Lipinski definition) is 18. The first-order valence-corrected chi connectivity index (χ1v) is 16.9. The van der Waals surface area contributed by atoms with Gasteiger partial charge in [-0.05, 0) is 61.7 Å². The quantitative estimate of drug-likeness (QED) is 0.0645. The molecule has 10 N–H and O–H groups in total. The van der Waals surface area contributed by atoms with Crippen LogP contribution in [0, 0.1) is 0 Å². The van der Waals surface area contributed by atoms with Crippen LogP contribution in [-0.4, -0.2) is 162 Å². The highest BCUT2D eigenvalue weighted by Crippen LogP contribution is 2.34. The molecule has 18 nitrogen and oxygen atoms in total. The number of aromatic hydroxyl groups is 3. The molecule has 3 fully saturated rings. The van der Waals surface area contributed by atoms with Gasteiger partial charge in [0.15, 0.2) is 36.5 Å². The number of esters is 1. The van der Waals surface area contributed by atoms with E-state index in [4.69, 9.17) is 33.2 Å². The lowest BCUT2D eigenvalue weighted by molar-refractivity contribution is -0.375. The summed E-state index contributed by atoms with van der Waals surface area (Å²) in [5.74, 6) is -1.60. The molecule has 0 radical (unpaired) electrons. The predicted molar refractivity (Wildman–Crippen MR) is 177 cm³/mol. The summed E-state index contributed by atoms with van der Waals surface area (Å²) in [5, 5.41) is 104. The van der Waals surface area contributed by atoms with Crippen molar-refractivity contribution in [2.45, 2.75) is 112 Å². The largest absolute Gasteiger partial charge is 0.508 e. The fraction of sp³-hybridized carbons (Fsp3) is 0.571. The van der Waals surface area contributed by atoms with Crippen LogP contribution in [0.3, 0.4) is 0 Å². The van der Waals surface area contributed by atoms with Gasteiger partial charge in [0.25, 0.3) is 0 Å². The maximum absolute atomic E-state index is 13.0. The minimum Gasteiger partial charge on any atom is -0.508 e. The van der Waals surface area contributed by atoms with Crippen molar-refractivity contribution < 1.29 is 89.0 Å². The molecule has 3 aliphatic heterocycles. The maximum Gasteiger partial charge on any atom is 0.331 e. The number of hydrogen-bond donors (Lipinski definition) is 10. The molecule has 294 valence electrons. The van der Waals surface area contributed by atoms with Crippen molar-refractivity contribution in [3.05, 3.63) is 59.7 Å².